The van der Waals surface area contributed by atoms with Crippen molar-refractivity contribution in [3.8, 4) is 23.4 Å². The molecule has 3 aromatic rings. The molecule has 0 spiro atoms. The molecule has 0 unspecified atom stereocenters. The van der Waals surface area contributed by atoms with Crippen molar-refractivity contribution in [3.05, 3.63) is 60.2 Å². The van der Waals surface area contributed by atoms with Gasteiger partial charge in [-0.15, -0.1) is 0 Å². The molecule has 1 fully saturated rings. The molecule has 1 saturated heterocycles. The van der Waals surface area contributed by atoms with Crippen LogP contribution in [0.3, 0.4) is 0 Å². The molecule has 2 aromatic carbocycles. The highest BCUT2D eigenvalue weighted by Gasteiger charge is 2.21. The minimum atomic E-state index is -0.252. The third-order valence-electron chi connectivity index (χ3n) is 4.59. The molecule has 1 aliphatic rings. The monoisotopic (exact) mass is 402 g/mol. The van der Waals surface area contributed by atoms with Gasteiger partial charge in [-0.05, 0) is 48.5 Å². The average molecular weight is 402 g/mol. The van der Waals surface area contributed by atoms with Gasteiger partial charge in [-0.3, -0.25) is 9.59 Å². The van der Waals surface area contributed by atoms with E-state index in [0.29, 0.717) is 41.5 Å². The second-order valence-corrected chi connectivity index (χ2v) is 6.70. The molecule has 150 valence electrons. The molecule has 4 rings (SSSR count). The van der Waals surface area contributed by atoms with Crippen molar-refractivity contribution in [2.24, 2.45) is 0 Å². The lowest BCUT2D eigenvalue weighted by atomic mass is 10.2. The zero-order valence-electron chi connectivity index (χ0n) is 16.0. The summed E-state index contributed by atoms with van der Waals surface area (Å²) in [6.45, 7) is 0.799. The highest BCUT2D eigenvalue weighted by Crippen LogP contribution is 2.26. The fraction of sp³-hybridized carbons (Fsp3) is 0.182. The predicted molar refractivity (Wildman–Crippen MR) is 108 cm³/mol. The number of nitriles is 1. The molecule has 2 amide bonds. The van der Waals surface area contributed by atoms with Crippen LogP contribution >= 0.6 is 0 Å². The number of pyridine rings is 1. The van der Waals surface area contributed by atoms with Crippen molar-refractivity contribution in [2.45, 2.75) is 0 Å². The molecule has 8 heteroatoms. The van der Waals surface area contributed by atoms with Gasteiger partial charge in [-0.25, -0.2) is 4.98 Å². The zero-order valence-corrected chi connectivity index (χ0v) is 16.0. The van der Waals surface area contributed by atoms with Crippen LogP contribution in [0.4, 0.5) is 0 Å². The molecular weight excluding hydrogens is 384 g/mol. The van der Waals surface area contributed by atoms with Crippen LogP contribution in [0.2, 0.25) is 0 Å². The molecule has 8 nitrogen and oxygen atoms in total. The molecule has 30 heavy (non-hydrogen) atoms. The molecule has 0 saturated carbocycles. The largest absolute Gasteiger partial charge is 0.468 e. The topological polar surface area (TPSA) is 105 Å². The second-order valence-electron chi connectivity index (χ2n) is 6.70. The lowest BCUT2D eigenvalue weighted by molar-refractivity contribution is -0.139. The molecule has 0 bridgehead atoms. The number of carbonyl (C=O) groups is 2. The SMILES string of the molecule is N#Cc1ccc(Oc2ccc3nc(OCC(=O)N4CCNC(=O)C4)ccc3c2)cc1. The van der Waals surface area contributed by atoms with Crippen LogP contribution in [0.1, 0.15) is 5.56 Å². The van der Waals surface area contributed by atoms with Gasteiger partial charge in [-0.2, -0.15) is 5.26 Å². The molecule has 0 aliphatic carbocycles. The van der Waals surface area contributed by atoms with Gasteiger partial charge in [0.05, 0.1) is 23.7 Å². The summed E-state index contributed by atoms with van der Waals surface area (Å²) >= 11 is 0. The van der Waals surface area contributed by atoms with Gasteiger partial charge in [0.2, 0.25) is 11.8 Å². The number of fused-ring (bicyclic) bond motifs is 1. The van der Waals surface area contributed by atoms with Gasteiger partial charge in [0.15, 0.2) is 6.61 Å². The summed E-state index contributed by atoms with van der Waals surface area (Å²) in [5, 5.41) is 12.4. The van der Waals surface area contributed by atoms with Crippen LogP contribution in [0.25, 0.3) is 10.9 Å². The lowest BCUT2D eigenvalue weighted by Crippen LogP contribution is -2.51. The Morgan fingerprint density at radius 1 is 1.13 bits per heavy atom. The van der Waals surface area contributed by atoms with Crippen molar-refractivity contribution in [2.75, 3.05) is 26.2 Å². The summed E-state index contributed by atoms with van der Waals surface area (Å²) in [5.74, 6) is 1.18. The van der Waals surface area contributed by atoms with Gasteiger partial charge in [0.25, 0.3) is 5.91 Å². The van der Waals surface area contributed by atoms with Gasteiger partial charge in [0.1, 0.15) is 11.5 Å². The van der Waals surface area contributed by atoms with E-state index in [1.54, 1.807) is 42.5 Å². The standard InChI is InChI=1S/C22H18N4O4/c23-12-15-1-4-17(5-2-15)30-18-6-7-19-16(11-18)3-8-21(25-19)29-14-22(28)26-10-9-24-20(27)13-26/h1-8,11H,9-10,13-14H2,(H,24,27). The summed E-state index contributed by atoms with van der Waals surface area (Å²) in [6.07, 6.45) is 0. The maximum Gasteiger partial charge on any atom is 0.261 e. The number of carbonyl (C=O) groups excluding carboxylic acids is 2. The Balaban J connectivity index is 1.40. The first-order valence-electron chi connectivity index (χ1n) is 9.37. The van der Waals surface area contributed by atoms with E-state index in [1.807, 2.05) is 12.1 Å². The van der Waals surface area contributed by atoms with E-state index < -0.39 is 0 Å². The fourth-order valence-electron chi connectivity index (χ4n) is 3.04. The van der Waals surface area contributed by atoms with E-state index in [9.17, 15) is 9.59 Å². The highest BCUT2D eigenvalue weighted by atomic mass is 16.5. The molecule has 1 aliphatic heterocycles. The first-order valence-corrected chi connectivity index (χ1v) is 9.37. The maximum atomic E-state index is 12.2. The smallest absolute Gasteiger partial charge is 0.261 e. The van der Waals surface area contributed by atoms with Gasteiger partial charge in [-0.1, -0.05) is 0 Å². The number of rotatable bonds is 5. The number of aromatic nitrogens is 1. The Kier molecular flexibility index (Phi) is 5.44. The van der Waals surface area contributed by atoms with Crippen LogP contribution in [0.5, 0.6) is 17.4 Å². The van der Waals surface area contributed by atoms with Crippen LogP contribution in [0, 0.1) is 11.3 Å². The van der Waals surface area contributed by atoms with E-state index in [2.05, 4.69) is 16.4 Å². The van der Waals surface area contributed by atoms with Crippen molar-refractivity contribution in [3.63, 3.8) is 0 Å². The third-order valence-corrected chi connectivity index (χ3v) is 4.59. The Bertz CT molecular complexity index is 1140. The van der Waals surface area contributed by atoms with Crippen molar-refractivity contribution in [1.29, 1.82) is 5.26 Å². The first kappa shape index (κ1) is 19.2. The lowest BCUT2D eigenvalue weighted by Gasteiger charge is -2.26. The molecular formula is C22H18N4O4. The fourth-order valence-corrected chi connectivity index (χ4v) is 3.04. The Morgan fingerprint density at radius 3 is 2.70 bits per heavy atom. The summed E-state index contributed by atoms with van der Waals surface area (Å²) in [6, 6.07) is 17.9. The van der Waals surface area contributed by atoms with Crippen molar-refractivity contribution >= 4 is 22.7 Å². The van der Waals surface area contributed by atoms with Gasteiger partial charge < -0.3 is 19.7 Å². The van der Waals surface area contributed by atoms with E-state index in [0.717, 1.165) is 5.39 Å². The molecule has 1 N–H and O–H groups in total. The van der Waals surface area contributed by atoms with Crippen LogP contribution in [0.15, 0.2) is 54.6 Å². The minimum Gasteiger partial charge on any atom is -0.468 e. The average Bonchev–Trinajstić information content (AvgIpc) is 2.78. The highest BCUT2D eigenvalue weighted by molar-refractivity contribution is 5.86. The number of hydrogen-bond acceptors (Lipinski definition) is 6. The molecule has 1 aromatic heterocycles. The predicted octanol–water partition coefficient (Wildman–Crippen LogP) is 2.24. The first-order chi connectivity index (χ1) is 14.6. The van der Waals surface area contributed by atoms with Crippen LogP contribution in [-0.4, -0.2) is 47.9 Å². The maximum absolute atomic E-state index is 12.2. The number of amides is 2. The quantitative estimate of drug-likeness (QED) is 0.702. The molecule has 0 atom stereocenters. The summed E-state index contributed by atoms with van der Waals surface area (Å²) in [4.78, 5) is 29.5. The number of ether oxygens (including phenoxy) is 2. The third kappa shape index (κ3) is 4.47. The number of nitrogens with zero attached hydrogens (tertiary/aromatic N) is 3. The second kappa shape index (κ2) is 8.49. The normalized spacial score (nSPS) is 13.4. The van der Waals surface area contributed by atoms with Crippen molar-refractivity contribution in [1.82, 2.24) is 15.2 Å². The summed E-state index contributed by atoms with van der Waals surface area (Å²) in [7, 11) is 0. The summed E-state index contributed by atoms with van der Waals surface area (Å²) < 4.78 is 11.3. The van der Waals surface area contributed by atoms with E-state index in [-0.39, 0.29) is 25.0 Å². The Labute approximate surface area is 172 Å². The number of nitrogens with one attached hydrogen (secondary N) is 1. The van der Waals surface area contributed by atoms with Gasteiger partial charge >= 0.3 is 0 Å². The van der Waals surface area contributed by atoms with E-state index in [1.165, 1.54) is 4.90 Å². The zero-order chi connectivity index (χ0) is 20.9. The molecule has 0 radical (unpaired) electrons. The van der Waals surface area contributed by atoms with E-state index in [4.69, 9.17) is 14.7 Å². The van der Waals surface area contributed by atoms with Crippen LogP contribution in [-0.2, 0) is 9.59 Å². The van der Waals surface area contributed by atoms with Gasteiger partial charge in [0, 0.05) is 24.5 Å². The number of benzene rings is 2. The Morgan fingerprint density at radius 2 is 1.93 bits per heavy atom. The Hall–Kier alpha value is -4.12. The van der Waals surface area contributed by atoms with Crippen molar-refractivity contribution < 1.29 is 19.1 Å². The van der Waals surface area contributed by atoms with E-state index >= 15 is 0 Å². The van der Waals surface area contributed by atoms with Crippen LogP contribution < -0.4 is 14.8 Å². The molecule has 2 heterocycles. The number of hydrogen-bond donors (Lipinski definition) is 1. The summed E-state index contributed by atoms with van der Waals surface area (Å²) in [5.41, 5.74) is 1.27. The number of piperazine rings is 1. The minimum absolute atomic E-state index is 0.0510.